The summed E-state index contributed by atoms with van der Waals surface area (Å²) >= 11 is 0. The number of nitrogens with one attached hydrogen (secondary N) is 2. The van der Waals surface area contributed by atoms with Crippen molar-refractivity contribution in [2.45, 2.75) is 60.9 Å². The monoisotopic (exact) mass is 987 g/mol. The van der Waals surface area contributed by atoms with Crippen LogP contribution in [0.3, 0.4) is 0 Å². The van der Waals surface area contributed by atoms with Crippen molar-refractivity contribution in [2.75, 3.05) is 25.0 Å². The van der Waals surface area contributed by atoms with Gasteiger partial charge in [-0.25, -0.2) is 0 Å². The van der Waals surface area contributed by atoms with Crippen molar-refractivity contribution in [1.29, 1.82) is 0 Å². The first-order chi connectivity index (χ1) is 36.2. The van der Waals surface area contributed by atoms with E-state index in [0.29, 0.717) is 18.0 Å². The van der Waals surface area contributed by atoms with E-state index in [9.17, 15) is 0 Å². The van der Waals surface area contributed by atoms with Gasteiger partial charge in [0.15, 0.2) is 0 Å². The van der Waals surface area contributed by atoms with E-state index in [1.807, 2.05) is 93.8 Å². The summed E-state index contributed by atoms with van der Waals surface area (Å²) in [4.78, 5) is 4.41. The van der Waals surface area contributed by atoms with Gasteiger partial charge in [-0.15, -0.1) is 22.9 Å². The Morgan fingerprint density at radius 2 is 1.85 bits per heavy atom. The van der Waals surface area contributed by atoms with Crippen molar-refractivity contribution in [2.24, 2.45) is 17.4 Å². The van der Waals surface area contributed by atoms with Crippen LogP contribution in [0.25, 0.3) is 23.1 Å². The molecule has 2 atom stereocenters. The highest BCUT2D eigenvalue weighted by Gasteiger charge is 2.28. The van der Waals surface area contributed by atoms with E-state index in [2.05, 4.69) is 186 Å². The Morgan fingerprint density at radius 3 is 2.61 bits per heavy atom. The summed E-state index contributed by atoms with van der Waals surface area (Å²) in [5, 5.41) is 8.10. The summed E-state index contributed by atoms with van der Waals surface area (Å²) < 4.78 is 6.59. The minimum Gasteiger partial charge on any atom is -0.455 e. The van der Waals surface area contributed by atoms with Gasteiger partial charge in [0.2, 0.25) is 0 Å². The van der Waals surface area contributed by atoms with Gasteiger partial charge in [-0.2, -0.15) is 0 Å². The van der Waals surface area contributed by atoms with Crippen LogP contribution in [-0.2, 0) is 0 Å². The molecule has 0 radical (unpaired) electrons. The molecule has 0 fully saturated rings. The fourth-order valence-corrected chi connectivity index (χ4v) is 9.51. The van der Waals surface area contributed by atoms with E-state index >= 15 is 0 Å². The van der Waals surface area contributed by atoms with Crippen LogP contribution in [0.1, 0.15) is 66.2 Å². The number of anilines is 1. The molecule has 2 unspecified atom stereocenters. The SMILES string of the molecule is C.C=C(/C=C\C)N(c1ccc2oc3c(c2c1)C=C(N1C2=C=C(/C=C(/C(C)C(=CC/C=C\C)C4=CC=CCN4)C=C=C2)C(NC)=C1/C=C\C)C=C=C3)C1C=C=C/C(C2=CC=CC=C=C2/C(N)=C/C=C\CC)=C\C(CN)=C/1. The van der Waals surface area contributed by atoms with Crippen molar-refractivity contribution < 1.29 is 4.42 Å². The van der Waals surface area contributed by atoms with Gasteiger partial charge in [0.1, 0.15) is 11.3 Å². The van der Waals surface area contributed by atoms with Gasteiger partial charge >= 0.3 is 0 Å². The number of allylic oxidation sites excluding steroid dienone is 21. The van der Waals surface area contributed by atoms with Crippen molar-refractivity contribution in [1.82, 2.24) is 15.5 Å². The third-order valence-electron chi connectivity index (χ3n) is 13.1. The molecule has 2 aliphatic heterocycles. The lowest BCUT2D eigenvalue weighted by atomic mass is 9.86. The Bertz CT molecular complexity index is 3460. The normalized spacial score (nSPS) is 20.8. The Labute approximate surface area is 445 Å². The van der Waals surface area contributed by atoms with Gasteiger partial charge in [0.25, 0.3) is 0 Å². The first-order valence-electron chi connectivity index (χ1n) is 25.5. The van der Waals surface area contributed by atoms with Gasteiger partial charge in [0.05, 0.1) is 28.8 Å². The van der Waals surface area contributed by atoms with Gasteiger partial charge < -0.3 is 36.3 Å². The first kappa shape index (κ1) is 53.9. The van der Waals surface area contributed by atoms with Crippen LogP contribution in [0.4, 0.5) is 5.69 Å². The standard InChI is InChI=1S/C67H66N6O.CH4/c1-8-12-15-31-57(63-35-19-20-39-71-63)48(6)50-26-21-29-54-43-52(42-50)67(70-7)64(25-11-4)73(54)55-30-23-36-65-60(44-55)61-45-56(37-38-66(61)74-65)72(47(5)24-10-3)53-28-22-27-51(40-49(41-53)46-68)58-32-17-14-18-33-59(58)62(69)34-16-13-9-2;/h8,10-14,16-20,24-32,34-38,40-42,44-45,48,53,70-71H,5,9,15,39,46,68-69H2,1-4,6-7H3;1H4/b12-8-,16-13-,24-10-,25-11-,49-41+,50-42+,51-40+,57-31?,62-34-;. The Hall–Kier alpha value is -8.84. The lowest BCUT2D eigenvalue weighted by Crippen LogP contribution is -2.31. The van der Waals surface area contributed by atoms with E-state index in [4.69, 9.17) is 15.9 Å². The van der Waals surface area contributed by atoms with E-state index in [-0.39, 0.29) is 19.4 Å². The van der Waals surface area contributed by atoms with Crippen molar-refractivity contribution in [3.63, 3.8) is 0 Å². The van der Waals surface area contributed by atoms with E-state index in [0.717, 1.165) is 109 Å². The number of fused-ring (bicyclic) bond motifs is 3. The smallest absolute Gasteiger partial charge is 0.143 e. The number of nitrogens with two attached hydrogens (primary N) is 2. The third kappa shape index (κ3) is 12.2. The molecule has 0 saturated carbocycles. The fraction of sp³-hybridized carbons (Fsp3) is 0.191. The molecule has 378 valence electrons. The number of furan rings is 1. The zero-order valence-electron chi connectivity index (χ0n) is 43.5. The number of rotatable bonds is 17. The maximum Gasteiger partial charge on any atom is 0.143 e. The number of hydrogen-bond donors (Lipinski definition) is 4. The molecule has 6 N–H and O–H groups in total. The average Bonchev–Trinajstić information content (AvgIpc) is 3.53. The quantitative estimate of drug-likeness (QED) is 0.0712. The Morgan fingerprint density at radius 1 is 1.00 bits per heavy atom. The van der Waals surface area contributed by atoms with Crippen molar-refractivity contribution in [3.05, 3.63) is 296 Å². The van der Waals surface area contributed by atoms with E-state index < -0.39 is 0 Å². The van der Waals surface area contributed by atoms with Crippen LogP contribution in [0.5, 0.6) is 0 Å². The van der Waals surface area contributed by atoms with Crippen LogP contribution in [0, 0.1) is 5.92 Å². The minimum atomic E-state index is -0.297. The molecule has 7 nitrogen and oxygen atoms in total. The van der Waals surface area contributed by atoms with Gasteiger partial charge in [-0.1, -0.05) is 113 Å². The average molecular weight is 987 g/mol. The second-order valence-corrected chi connectivity index (χ2v) is 18.0. The Kier molecular flexibility index (Phi) is 18.5. The zero-order chi connectivity index (χ0) is 52.0. The van der Waals surface area contributed by atoms with Crippen LogP contribution >= 0.6 is 0 Å². The molecule has 7 heteroatoms. The molecule has 2 aromatic rings. The van der Waals surface area contributed by atoms with Gasteiger partial charge in [-0.05, 0) is 147 Å². The maximum absolute atomic E-state index is 6.67. The second-order valence-electron chi connectivity index (χ2n) is 18.0. The predicted octanol–water partition coefficient (Wildman–Crippen LogP) is 14.7. The molecule has 1 aromatic carbocycles. The number of nitrogens with zero attached hydrogens (tertiary/aromatic N) is 2. The fourth-order valence-electron chi connectivity index (χ4n) is 9.51. The molecular formula is C68H70N6O. The summed E-state index contributed by atoms with van der Waals surface area (Å²) in [6.45, 7) is 16.1. The van der Waals surface area contributed by atoms with Crippen LogP contribution in [0.2, 0.25) is 0 Å². The highest BCUT2D eigenvalue weighted by atomic mass is 16.3. The molecule has 0 spiro atoms. The summed E-state index contributed by atoms with van der Waals surface area (Å²) in [5.74, 6) is 0.783. The molecule has 6 aliphatic rings. The zero-order valence-corrected chi connectivity index (χ0v) is 43.5. The van der Waals surface area contributed by atoms with Crippen molar-refractivity contribution in [3.8, 4) is 0 Å². The first-order valence-corrected chi connectivity index (χ1v) is 25.5. The molecule has 8 rings (SSSR count). The molecule has 2 bridgehead atoms. The van der Waals surface area contributed by atoms with E-state index in [1.165, 1.54) is 5.57 Å². The summed E-state index contributed by atoms with van der Waals surface area (Å²) in [5.41, 5.74) is 46.6. The molecule has 0 saturated heterocycles. The minimum absolute atomic E-state index is 0. The number of benzene rings is 1. The number of hydrogen-bond acceptors (Lipinski definition) is 7. The summed E-state index contributed by atoms with van der Waals surface area (Å²) in [6, 6.07) is 5.99. The Balaban J connectivity index is 0.00000820. The lowest BCUT2D eigenvalue weighted by molar-refractivity contribution is 0.565. The van der Waals surface area contributed by atoms with Crippen LogP contribution in [-0.4, -0.2) is 31.1 Å². The topological polar surface area (TPSA) is 95.7 Å². The molecule has 4 aliphatic carbocycles. The second kappa shape index (κ2) is 25.7. The molecular weight excluding hydrogens is 917 g/mol. The largest absolute Gasteiger partial charge is 0.455 e. The summed E-state index contributed by atoms with van der Waals surface area (Å²) in [7, 11) is 1.97. The number of dihydropyridines is 1. The van der Waals surface area contributed by atoms with Crippen molar-refractivity contribution >= 4 is 28.8 Å². The van der Waals surface area contributed by atoms with Crippen LogP contribution in [0.15, 0.2) is 289 Å². The molecule has 1 aromatic heterocycles. The lowest BCUT2D eigenvalue weighted by Gasteiger charge is -2.32. The van der Waals surface area contributed by atoms with Crippen LogP contribution < -0.4 is 27.0 Å². The van der Waals surface area contributed by atoms with Gasteiger partial charge in [0, 0.05) is 89.2 Å². The third-order valence-corrected chi connectivity index (χ3v) is 13.1. The maximum atomic E-state index is 6.67. The van der Waals surface area contributed by atoms with E-state index in [1.54, 1.807) is 0 Å². The number of likely N-dealkylation sites (N-methyl/N-ethyl adjacent to an activating group) is 1. The molecule has 75 heavy (non-hydrogen) atoms. The highest BCUT2D eigenvalue weighted by molar-refractivity contribution is 5.95. The summed E-state index contributed by atoms with van der Waals surface area (Å²) in [6.07, 6.45) is 57.7. The highest BCUT2D eigenvalue weighted by Crippen LogP contribution is 2.40. The molecule has 3 heterocycles. The predicted molar refractivity (Wildman–Crippen MR) is 318 cm³/mol. The molecule has 0 amide bonds. The van der Waals surface area contributed by atoms with Gasteiger partial charge in [-0.3, -0.25) is 0 Å².